The maximum absolute atomic E-state index is 13.6. The number of pyridine rings is 2. The maximum Gasteiger partial charge on any atom is 0.180 e. The fraction of sp³-hybridized carbons (Fsp3) is 0.250. The van der Waals surface area contributed by atoms with Gasteiger partial charge in [-0.15, -0.1) is 0 Å². The van der Waals surface area contributed by atoms with Gasteiger partial charge in [0.15, 0.2) is 11.4 Å². The third-order valence-electron chi connectivity index (χ3n) is 3.49. The molecule has 0 spiro atoms. The Morgan fingerprint density at radius 1 is 1.41 bits per heavy atom. The number of halogens is 2. The molecule has 0 aliphatic carbocycles. The molecule has 0 aliphatic rings. The van der Waals surface area contributed by atoms with E-state index in [4.69, 9.17) is 16.3 Å². The van der Waals surface area contributed by atoms with Gasteiger partial charge in [0.2, 0.25) is 0 Å². The molecule has 3 rings (SSSR count). The number of fused-ring (bicyclic) bond motifs is 1. The lowest BCUT2D eigenvalue weighted by Crippen LogP contribution is -2.03. The summed E-state index contributed by atoms with van der Waals surface area (Å²) in [4.78, 5) is 8.50. The van der Waals surface area contributed by atoms with Gasteiger partial charge >= 0.3 is 0 Å². The van der Waals surface area contributed by atoms with Gasteiger partial charge in [-0.1, -0.05) is 18.5 Å². The number of hydrogen-bond donors (Lipinski definition) is 0. The van der Waals surface area contributed by atoms with Gasteiger partial charge in [0.05, 0.1) is 10.7 Å². The van der Waals surface area contributed by atoms with Crippen LogP contribution >= 0.6 is 11.6 Å². The van der Waals surface area contributed by atoms with E-state index < -0.39 is 5.82 Å². The molecule has 0 saturated carbocycles. The lowest BCUT2D eigenvalue weighted by molar-refractivity contribution is 0.296. The molecule has 0 aliphatic heterocycles. The van der Waals surface area contributed by atoms with Crippen LogP contribution in [0.5, 0.6) is 5.75 Å². The minimum absolute atomic E-state index is 0.0239. The van der Waals surface area contributed by atoms with Gasteiger partial charge in [0.1, 0.15) is 18.1 Å². The second-order valence-corrected chi connectivity index (χ2v) is 5.37. The lowest BCUT2D eigenvalue weighted by Gasteiger charge is -2.09. The third-order valence-corrected chi connectivity index (χ3v) is 3.69. The molecule has 22 heavy (non-hydrogen) atoms. The Hall–Kier alpha value is -2.14. The van der Waals surface area contributed by atoms with Crippen molar-refractivity contribution in [3.05, 3.63) is 58.5 Å². The van der Waals surface area contributed by atoms with E-state index in [1.165, 1.54) is 12.3 Å². The Morgan fingerprint density at radius 3 is 2.95 bits per heavy atom. The van der Waals surface area contributed by atoms with Crippen LogP contribution in [0.3, 0.4) is 0 Å². The van der Waals surface area contributed by atoms with Crippen LogP contribution < -0.4 is 4.74 Å². The minimum atomic E-state index is -0.394. The van der Waals surface area contributed by atoms with Gasteiger partial charge in [-0.05, 0) is 25.5 Å². The predicted octanol–water partition coefficient (Wildman–Crippen LogP) is 3.97. The number of imidazole rings is 1. The van der Waals surface area contributed by atoms with Crippen molar-refractivity contribution in [1.82, 2.24) is 14.4 Å². The van der Waals surface area contributed by atoms with E-state index in [0.717, 1.165) is 17.8 Å². The Bertz CT molecular complexity index is 832. The number of ether oxygens (including phenoxy) is 1. The first-order chi connectivity index (χ1) is 10.6. The minimum Gasteiger partial charge on any atom is -0.483 e. The zero-order chi connectivity index (χ0) is 15.7. The lowest BCUT2D eigenvalue weighted by atomic mass is 10.3. The third kappa shape index (κ3) is 2.64. The molecular weight excluding hydrogens is 305 g/mol. The highest BCUT2D eigenvalue weighted by atomic mass is 35.5. The summed E-state index contributed by atoms with van der Waals surface area (Å²) in [7, 11) is 0. The average molecular weight is 320 g/mol. The van der Waals surface area contributed by atoms with Gasteiger partial charge in [0.25, 0.3) is 0 Å². The van der Waals surface area contributed by atoms with Crippen LogP contribution in [0.15, 0.2) is 30.6 Å². The summed E-state index contributed by atoms with van der Waals surface area (Å²) in [5, 5.41) is 0.538. The predicted molar refractivity (Wildman–Crippen MR) is 82.8 cm³/mol. The highest BCUT2D eigenvalue weighted by Gasteiger charge is 2.14. The normalized spacial score (nSPS) is 11.1. The van der Waals surface area contributed by atoms with Crippen LogP contribution in [0, 0.1) is 12.7 Å². The van der Waals surface area contributed by atoms with Gasteiger partial charge in [-0.2, -0.15) is 0 Å². The van der Waals surface area contributed by atoms with Crippen molar-refractivity contribution in [2.24, 2.45) is 0 Å². The van der Waals surface area contributed by atoms with E-state index in [9.17, 15) is 4.39 Å². The number of aryl methyl sites for hydroxylation is 2. The van der Waals surface area contributed by atoms with E-state index in [2.05, 4.69) is 16.9 Å². The molecule has 0 aromatic carbocycles. The summed E-state index contributed by atoms with van der Waals surface area (Å²) in [5.74, 6) is 0.120. The quantitative estimate of drug-likeness (QED) is 0.730. The topological polar surface area (TPSA) is 39.4 Å². The van der Waals surface area contributed by atoms with Gasteiger partial charge in [0, 0.05) is 24.2 Å². The van der Waals surface area contributed by atoms with Crippen molar-refractivity contribution in [2.75, 3.05) is 0 Å². The number of hydrogen-bond acceptors (Lipinski definition) is 3. The molecule has 0 radical (unpaired) electrons. The van der Waals surface area contributed by atoms with E-state index in [1.807, 2.05) is 17.5 Å². The van der Waals surface area contributed by atoms with Crippen molar-refractivity contribution in [1.29, 1.82) is 0 Å². The second kappa shape index (κ2) is 5.93. The van der Waals surface area contributed by atoms with Gasteiger partial charge in [-0.25, -0.2) is 9.37 Å². The first-order valence-electron chi connectivity index (χ1n) is 6.99. The van der Waals surface area contributed by atoms with Crippen LogP contribution in [0.25, 0.3) is 5.65 Å². The molecule has 3 heterocycles. The molecule has 6 heteroatoms. The number of aromatic nitrogens is 3. The molecule has 0 unspecified atom stereocenters. The highest BCUT2D eigenvalue weighted by molar-refractivity contribution is 6.30. The molecule has 0 atom stereocenters. The average Bonchev–Trinajstić information content (AvgIpc) is 2.81. The molecule has 3 aromatic rings. The summed E-state index contributed by atoms with van der Waals surface area (Å²) in [6.07, 6.45) is 4.18. The number of rotatable bonds is 4. The largest absolute Gasteiger partial charge is 0.483 e. The standard InChI is InChI=1S/C16H15ClFN3O/c1-3-14-10(2)20-16-15(7-11(17)8-21(14)16)22-9-13-12(18)5-4-6-19-13/h4-8H,3,9H2,1-2H3. The zero-order valence-corrected chi connectivity index (χ0v) is 13.1. The van der Waals surface area contributed by atoms with Crippen LogP contribution in [0.2, 0.25) is 5.02 Å². The Balaban J connectivity index is 1.98. The van der Waals surface area contributed by atoms with Crippen LogP contribution in [0.4, 0.5) is 4.39 Å². The molecule has 0 saturated heterocycles. The smallest absolute Gasteiger partial charge is 0.180 e. The van der Waals surface area contributed by atoms with Crippen molar-refractivity contribution in [3.8, 4) is 5.75 Å². The van der Waals surface area contributed by atoms with Crippen molar-refractivity contribution in [2.45, 2.75) is 26.9 Å². The maximum atomic E-state index is 13.6. The highest BCUT2D eigenvalue weighted by Crippen LogP contribution is 2.27. The summed E-state index contributed by atoms with van der Waals surface area (Å²) in [6, 6.07) is 4.58. The van der Waals surface area contributed by atoms with Crippen LogP contribution in [-0.4, -0.2) is 14.4 Å². The molecule has 3 aromatic heterocycles. The van der Waals surface area contributed by atoms with Gasteiger partial charge in [-0.3, -0.25) is 9.38 Å². The SMILES string of the molecule is CCc1c(C)nc2c(OCc3ncccc3F)cc(Cl)cn12. The summed E-state index contributed by atoms with van der Waals surface area (Å²) >= 11 is 6.16. The molecule has 4 nitrogen and oxygen atoms in total. The van der Waals surface area contributed by atoms with E-state index in [-0.39, 0.29) is 12.3 Å². The summed E-state index contributed by atoms with van der Waals surface area (Å²) < 4.78 is 21.2. The summed E-state index contributed by atoms with van der Waals surface area (Å²) in [6.45, 7) is 4.03. The first kappa shape index (κ1) is 14.8. The number of nitrogens with zero attached hydrogens (tertiary/aromatic N) is 3. The van der Waals surface area contributed by atoms with Crippen molar-refractivity contribution < 1.29 is 9.13 Å². The molecular formula is C16H15ClFN3O. The van der Waals surface area contributed by atoms with Crippen LogP contribution in [0.1, 0.15) is 24.0 Å². The molecule has 0 fully saturated rings. The molecule has 0 bridgehead atoms. The Kier molecular flexibility index (Phi) is 3.98. The molecule has 114 valence electrons. The fourth-order valence-electron chi connectivity index (χ4n) is 2.45. The van der Waals surface area contributed by atoms with Crippen LogP contribution in [-0.2, 0) is 13.0 Å². The van der Waals surface area contributed by atoms with E-state index in [1.54, 1.807) is 12.1 Å². The van der Waals surface area contributed by atoms with E-state index >= 15 is 0 Å². The van der Waals surface area contributed by atoms with Gasteiger partial charge < -0.3 is 4.74 Å². The Morgan fingerprint density at radius 2 is 2.23 bits per heavy atom. The Labute approximate surface area is 132 Å². The summed E-state index contributed by atoms with van der Waals surface area (Å²) in [5.41, 5.74) is 2.93. The molecule has 0 amide bonds. The monoisotopic (exact) mass is 319 g/mol. The second-order valence-electron chi connectivity index (χ2n) is 4.93. The van der Waals surface area contributed by atoms with E-state index in [0.29, 0.717) is 16.4 Å². The van der Waals surface area contributed by atoms with Crippen molar-refractivity contribution >= 4 is 17.2 Å². The van der Waals surface area contributed by atoms with Crippen molar-refractivity contribution in [3.63, 3.8) is 0 Å². The molecule has 0 N–H and O–H groups in total. The first-order valence-corrected chi connectivity index (χ1v) is 7.37. The fourth-order valence-corrected chi connectivity index (χ4v) is 2.64. The zero-order valence-electron chi connectivity index (χ0n) is 12.3.